The first kappa shape index (κ1) is 17.4. The number of allylic oxidation sites excluding steroid dienone is 1. The van der Waals surface area contributed by atoms with Gasteiger partial charge in [-0.25, -0.2) is 4.79 Å². The third-order valence-corrected chi connectivity index (χ3v) is 1.36. The Kier molecular flexibility index (Phi) is 9.47. The summed E-state index contributed by atoms with van der Waals surface area (Å²) in [6.07, 6.45) is 0.799. The third kappa shape index (κ3) is 7.86. The first-order valence-corrected chi connectivity index (χ1v) is 4.04. The van der Waals surface area contributed by atoms with Crippen LogP contribution >= 0.6 is 0 Å². The maximum absolute atomic E-state index is 11.0. The van der Waals surface area contributed by atoms with Gasteiger partial charge in [-0.3, -0.25) is 9.59 Å². The second kappa shape index (κ2) is 8.17. The molecule has 6 heteroatoms. The molecule has 15 heavy (non-hydrogen) atoms. The van der Waals surface area contributed by atoms with Crippen LogP contribution in [0.1, 0.15) is 21.7 Å². The number of carboxylic acid groups (broad SMARTS) is 2. The minimum atomic E-state index is -1.63. The summed E-state index contributed by atoms with van der Waals surface area (Å²) >= 11 is 0. The van der Waals surface area contributed by atoms with E-state index in [1.165, 1.54) is 6.08 Å². The number of rotatable bonds is 5. The fourth-order valence-corrected chi connectivity index (χ4v) is 0.918. The summed E-state index contributed by atoms with van der Waals surface area (Å²) in [5, 5.41) is 16.8. The SMILES string of the molecule is CC(C)C=C(CC(=O)O)C(=O)C(=O)O.[H-].[K+]. The predicted octanol–water partition coefficient (Wildman–Crippen LogP) is -2.19. The van der Waals surface area contributed by atoms with Crippen molar-refractivity contribution in [2.75, 3.05) is 0 Å². The summed E-state index contributed by atoms with van der Waals surface area (Å²) in [6.45, 7) is 3.47. The van der Waals surface area contributed by atoms with Gasteiger partial charge in [0.15, 0.2) is 0 Å². The summed E-state index contributed by atoms with van der Waals surface area (Å²) in [4.78, 5) is 31.6. The van der Waals surface area contributed by atoms with Crippen molar-refractivity contribution in [1.82, 2.24) is 0 Å². The van der Waals surface area contributed by atoms with E-state index in [1.54, 1.807) is 13.8 Å². The zero-order valence-corrected chi connectivity index (χ0v) is 12.1. The molecule has 0 aromatic heterocycles. The summed E-state index contributed by atoms with van der Waals surface area (Å²) in [5.74, 6) is -4.06. The van der Waals surface area contributed by atoms with Gasteiger partial charge in [-0.2, -0.15) is 0 Å². The van der Waals surface area contributed by atoms with E-state index in [9.17, 15) is 14.4 Å². The molecule has 0 heterocycles. The minimum absolute atomic E-state index is 0. The average Bonchev–Trinajstić information content (AvgIpc) is 1.99. The molecular formula is C9H13KO5. The van der Waals surface area contributed by atoms with Gasteiger partial charge in [0.2, 0.25) is 0 Å². The normalized spacial score (nSPS) is 10.7. The Morgan fingerprint density at radius 1 is 1.27 bits per heavy atom. The van der Waals surface area contributed by atoms with E-state index < -0.39 is 24.1 Å². The van der Waals surface area contributed by atoms with Gasteiger partial charge in [0.25, 0.3) is 5.78 Å². The van der Waals surface area contributed by atoms with Crippen LogP contribution in [0.3, 0.4) is 0 Å². The Bertz CT molecular complexity index is 298. The maximum Gasteiger partial charge on any atom is 1.00 e. The minimum Gasteiger partial charge on any atom is -1.00 e. The quantitative estimate of drug-likeness (QED) is 0.324. The summed E-state index contributed by atoms with van der Waals surface area (Å²) in [5.41, 5.74) is -0.181. The van der Waals surface area contributed by atoms with Gasteiger partial charge < -0.3 is 11.6 Å². The van der Waals surface area contributed by atoms with E-state index >= 15 is 0 Å². The van der Waals surface area contributed by atoms with Crippen LogP contribution in [0.5, 0.6) is 0 Å². The van der Waals surface area contributed by atoms with Gasteiger partial charge in [0.05, 0.1) is 6.42 Å². The number of carbonyl (C=O) groups is 3. The summed E-state index contributed by atoms with van der Waals surface area (Å²) in [7, 11) is 0. The summed E-state index contributed by atoms with van der Waals surface area (Å²) < 4.78 is 0. The molecule has 0 bridgehead atoms. The molecule has 0 saturated carbocycles. The van der Waals surface area contributed by atoms with Crippen molar-refractivity contribution in [3.05, 3.63) is 11.6 Å². The maximum atomic E-state index is 11.0. The van der Waals surface area contributed by atoms with E-state index in [0.717, 1.165) is 0 Å². The van der Waals surface area contributed by atoms with Gasteiger partial charge in [-0.05, 0) is 5.92 Å². The summed E-state index contributed by atoms with van der Waals surface area (Å²) in [6, 6.07) is 0. The van der Waals surface area contributed by atoms with E-state index in [0.29, 0.717) is 0 Å². The molecule has 0 radical (unpaired) electrons. The first-order valence-electron chi connectivity index (χ1n) is 4.04. The predicted molar refractivity (Wildman–Crippen MR) is 48.9 cm³/mol. The molecule has 0 aromatic rings. The van der Waals surface area contributed by atoms with Crippen LogP contribution in [0.25, 0.3) is 0 Å². The zero-order valence-electron chi connectivity index (χ0n) is 9.98. The first-order chi connectivity index (χ1) is 6.34. The average molecular weight is 240 g/mol. The molecule has 0 aliphatic rings. The van der Waals surface area contributed by atoms with Crippen LogP contribution in [-0.2, 0) is 14.4 Å². The van der Waals surface area contributed by atoms with Crippen LogP contribution in [0.4, 0.5) is 0 Å². The molecule has 0 fully saturated rings. The van der Waals surface area contributed by atoms with Crippen LogP contribution in [0.2, 0.25) is 0 Å². The fourth-order valence-electron chi connectivity index (χ4n) is 0.918. The molecule has 5 nitrogen and oxygen atoms in total. The number of Topliss-reactive ketones (excluding diaryl/α,β-unsaturated/α-hetero) is 1. The van der Waals surface area contributed by atoms with Crippen molar-refractivity contribution in [3.8, 4) is 0 Å². The molecular weight excluding hydrogens is 227 g/mol. The Morgan fingerprint density at radius 2 is 1.73 bits per heavy atom. The third-order valence-electron chi connectivity index (χ3n) is 1.36. The largest absolute Gasteiger partial charge is 1.00 e. The number of aliphatic carboxylic acids is 2. The molecule has 0 atom stereocenters. The number of carboxylic acids is 2. The number of hydrogen-bond acceptors (Lipinski definition) is 3. The van der Waals surface area contributed by atoms with Gasteiger partial charge in [0.1, 0.15) is 0 Å². The molecule has 0 amide bonds. The van der Waals surface area contributed by atoms with Gasteiger partial charge in [-0.1, -0.05) is 19.9 Å². The molecule has 0 saturated heterocycles. The van der Waals surface area contributed by atoms with Crippen LogP contribution in [-0.4, -0.2) is 27.9 Å². The standard InChI is InChI=1S/C9H12O5.K.H/c1-5(2)3-6(4-7(10)11)8(12)9(13)14;;/h3,5H,4H2,1-2H3,(H,10,11)(H,13,14);;/q;+1;-1. The topological polar surface area (TPSA) is 91.7 Å². The van der Waals surface area contributed by atoms with E-state index in [2.05, 4.69) is 0 Å². The van der Waals surface area contributed by atoms with E-state index in [1.807, 2.05) is 0 Å². The van der Waals surface area contributed by atoms with Crippen molar-refractivity contribution in [2.24, 2.45) is 5.92 Å². The Balaban J connectivity index is -0.000000845. The van der Waals surface area contributed by atoms with Gasteiger partial charge in [-0.15, -0.1) is 0 Å². The van der Waals surface area contributed by atoms with Gasteiger partial charge in [0, 0.05) is 5.57 Å². The molecule has 0 rings (SSSR count). The van der Waals surface area contributed by atoms with Crippen LogP contribution < -0.4 is 51.4 Å². The smallest absolute Gasteiger partial charge is 1.00 e. The fraction of sp³-hybridized carbons (Fsp3) is 0.444. The second-order valence-corrected chi connectivity index (χ2v) is 3.14. The van der Waals surface area contributed by atoms with Crippen LogP contribution in [0.15, 0.2) is 11.6 Å². The van der Waals surface area contributed by atoms with Crippen molar-refractivity contribution in [3.63, 3.8) is 0 Å². The molecule has 0 aliphatic heterocycles. The van der Waals surface area contributed by atoms with Crippen molar-refractivity contribution < 1.29 is 77.4 Å². The Labute approximate surface area is 131 Å². The molecule has 0 aromatic carbocycles. The number of ketones is 1. The second-order valence-electron chi connectivity index (χ2n) is 3.14. The Morgan fingerprint density at radius 3 is 2.00 bits per heavy atom. The zero-order chi connectivity index (χ0) is 11.3. The van der Waals surface area contributed by atoms with E-state index in [-0.39, 0.29) is 64.3 Å². The number of hydrogen-bond donors (Lipinski definition) is 2. The van der Waals surface area contributed by atoms with Crippen molar-refractivity contribution in [2.45, 2.75) is 20.3 Å². The molecule has 0 spiro atoms. The van der Waals surface area contributed by atoms with E-state index in [4.69, 9.17) is 10.2 Å². The Hall–Kier alpha value is -0.0136. The molecule has 2 N–H and O–H groups in total. The number of carbonyl (C=O) groups excluding carboxylic acids is 1. The monoisotopic (exact) mass is 240 g/mol. The molecule has 80 valence electrons. The van der Waals surface area contributed by atoms with Gasteiger partial charge >= 0.3 is 63.3 Å². The van der Waals surface area contributed by atoms with Crippen LogP contribution in [0, 0.1) is 5.92 Å². The van der Waals surface area contributed by atoms with Crippen molar-refractivity contribution >= 4 is 17.7 Å². The molecule has 0 unspecified atom stereocenters. The molecule has 0 aliphatic carbocycles. The van der Waals surface area contributed by atoms with Crippen molar-refractivity contribution in [1.29, 1.82) is 0 Å².